The minimum Gasteiger partial charge on any atom is -0.489 e. The first-order valence-electron chi connectivity index (χ1n) is 12.5. The molecule has 0 unspecified atom stereocenters. The summed E-state index contributed by atoms with van der Waals surface area (Å²) < 4.78 is 12.0. The standard InChI is InChI=1S/C26H29N9O3/c1-18-6-5-7-20(14-18)17-37-21-10-8-19(9-11-21)15-28-30-26(36)23-22(16-34-12-3-2-4-13-34)35(33-29-23)25-24(27)31-38-32-25/h5-11,14-15H,2-4,12-13,16-17H2,1H3,(H2,27,31)(H,30,36)/p+1/b28-15-. The lowest BCUT2D eigenvalue weighted by atomic mass is 10.1. The van der Waals surface area contributed by atoms with Gasteiger partial charge in [-0.1, -0.05) is 35.0 Å². The van der Waals surface area contributed by atoms with Crippen LogP contribution in [0.5, 0.6) is 5.75 Å². The maximum atomic E-state index is 13.0. The molecule has 3 heterocycles. The number of ether oxygens (including phenoxy) is 1. The van der Waals surface area contributed by atoms with Crippen molar-refractivity contribution in [1.82, 2.24) is 30.7 Å². The Morgan fingerprint density at radius 2 is 2.00 bits per heavy atom. The van der Waals surface area contributed by atoms with E-state index in [9.17, 15) is 4.79 Å². The Labute approximate surface area is 219 Å². The number of quaternary nitrogens is 1. The van der Waals surface area contributed by atoms with E-state index in [0.29, 0.717) is 18.8 Å². The fourth-order valence-corrected chi connectivity index (χ4v) is 4.45. The number of hydrazone groups is 1. The van der Waals surface area contributed by atoms with Gasteiger partial charge in [-0.3, -0.25) is 4.79 Å². The molecule has 0 spiro atoms. The Balaban J connectivity index is 1.23. The number of aryl methyl sites for hydroxylation is 1. The molecule has 0 saturated carbocycles. The summed E-state index contributed by atoms with van der Waals surface area (Å²) in [4.78, 5) is 14.3. The Morgan fingerprint density at radius 1 is 1.18 bits per heavy atom. The van der Waals surface area contributed by atoms with E-state index >= 15 is 0 Å². The van der Waals surface area contributed by atoms with Crippen molar-refractivity contribution in [1.29, 1.82) is 0 Å². The smallest absolute Gasteiger partial charge is 0.294 e. The van der Waals surface area contributed by atoms with Gasteiger partial charge in [0.05, 0.1) is 19.3 Å². The highest BCUT2D eigenvalue weighted by Gasteiger charge is 2.27. The topological polar surface area (TPSA) is 151 Å². The number of nitrogens with two attached hydrogens (primary N) is 1. The molecular weight excluding hydrogens is 486 g/mol. The van der Waals surface area contributed by atoms with Crippen LogP contribution in [0.3, 0.4) is 0 Å². The third-order valence-corrected chi connectivity index (χ3v) is 6.40. The van der Waals surface area contributed by atoms with Gasteiger partial charge in [0.1, 0.15) is 24.6 Å². The molecule has 12 nitrogen and oxygen atoms in total. The van der Waals surface area contributed by atoms with Crippen molar-refractivity contribution in [2.45, 2.75) is 39.3 Å². The van der Waals surface area contributed by atoms with Crippen molar-refractivity contribution in [2.75, 3.05) is 18.8 Å². The lowest BCUT2D eigenvalue weighted by molar-refractivity contribution is -0.918. The second-order valence-corrected chi connectivity index (χ2v) is 9.30. The maximum Gasteiger partial charge on any atom is 0.294 e. The van der Waals surface area contributed by atoms with E-state index in [1.807, 2.05) is 36.4 Å². The lowest BCUT2D eigenvalue weighted by Gasteiger charge is -2.23. The van der Waals surface area contributed by atoms with Crippen LogP contribution in [0, 0.1) is 6.92 Å². The highest BCUT2D eigenvalue weighted by atomic mass is 16.6. The van der Waals surface area contributed by atoms with Gasteiger partial charge in [0.15, 0.2) is 5.69 Å². The molecule has 1 amide bonds. The third kappa shape index (κ3) is 6.03. The van der Waals surface area contributed by atoms with E-state index in [-0.39, 0.29) is 17.3 Å². The molecule has 0 atom stereocenters. The van der Waals surface area contributed by atoms with Gasteiger partial charge in [0.2, 0.25) is 11.6 Å². The van der Waals surface area contributed by atoms with Crippen molar-refractivity contribution < 1.29 is 19.1 Å². The van der Waals surface area contributed by atoms with Crippen LogP contribution < -0.4 is 20.8 Å². The van der Waals surface area contributed by atoms with Crippen LogP contribution >= 0.6 is 0 Å². The highest BCUT2D eigenvalue weighted by molar-refractivity contribution is 5.94. The molecule has 0 aliphatic carbocycles. The molecule has 12 heteroatoms. The predicted molar refractivity (Wildman–Crippen MR) is 139 cm³/mol. The number of anilines is 1. The number of carbonyl (C=O) groups excluding carboxylic acids is 1. The average molecular weight is 517 g/mol. The van der Waals surface area contributed by atoms with E-state index in [2.05, 4.69) is 50.2 Å². The number of aromatic nitrogens is 5. The molecule has 2 aromatic heterocycles. The van der Waals surface area contributed by atoms with E-state index in [1.54, 1.807) is 6.21 Å². The molecule has 1 aliphatic heterocycles. The number of carbonyl (C=O) groups is 1. The number of hydrogen-bond acceptors (Lipinski definition) is 9. The van der Waals surface area contributed by atoms with E-state index in [1.165, 1.54) is 21.6 Å². The number of nitrogens with zero attached hydrogens (tertiary/aromatic N) is 6. The third-order valence-electron chi connectivity index (χ3n) is 6.40. The zero-order valence-electron chi connectivity index (χ0n) is 21.1. The number of benzene rings is 2. The molecule has 38 heavy (non-hydrogen) atoms. The van der Waals surface area contributed by atoms with Gasteiger partial charge in [-0.05, 0) is 71.9 Å². The SMILES string of the molecule is Cc1cccc(COc2ccc(/C=N\NC(=O)c3nnn(-c4nonc4N)c3C[NH+]3CCCCC3)cc2)c1. The molecule has 5 rings (SSSR count). The molecule has 196 valence electrons. The normalized spacial score (nSPS) is 14.1. The summed E-state index contributed by atoms with van der Waals surface area (Å²) in [7, 11) is 0. The second kappa shape index (κ2) is 11.6. The minimum atomic E-state index is -0.480. The lowest BCUT2D eigenvalue weighted by Crippen LogP contribution is -3.11. The highest BCUT2D eigenvalue weighted by Crippen LogP contribution is 2.16. The number of nitrogen functional groups attached to an aromatic ring is 1. The summed E-state index contributed by atoms with van der Waals surface area (Å²) in [5, 5.41) is 19.8. The molecule has 0 radical (unpaired) electrons. The summed E-state index contributed by atoms with van der Waals surface area (Å²) in [5.41, 5.74) is 12.3. The molecule has 1 aliphatic rings. The monoisotopic (exact) mass is 516 g/mol. The largest absolute Gasteiger partial charge is 0.489 e. The first kappa shape index (κ1) is 25.1. The van der Waals surface area contributed by atoms with Gasteiger partial charge < -0.3 is 15.4 Å². The van der Waals surface area contributed by atoms with Crippen LogP contribution in [0.1, 0.15) is 52.1 Å². The first-order chi connectivity index (χ1) is 18.6. The van der Waals surface area contributed by atoms with Gasteiger partial charge in [-0.25, -0.2) is 10.1 Å². The number of amides is 1. The van der Waals surface area contributed by atoms with E-state index in [0.717, 1.165) is 42.8 Å². The van der Waals surface area contributed by atoms with Gasteiger partial charge in [0.25, 0.3) is 5.91 Å². The number of rotatable bonds is 9. The predicted octanol–water partition coefficient (Wildman–Crippen LogP) is 1.45. The van der Waals surface area contributed by atoms with Gasteiger partial charge in [-0.15, -0.1) is 5.10 Å². The Hall–Kier alpha value is -4.58. The molecule has 2 aromatic carbocycles. The summed E-state index contributed by atoms with van der Waals surface area (Å²) >= 11 is 0. The van der Waals surface area contributed by atoms with Gasteiger partial charge in [0, 0.05) is 0 Å². The van der Waals surface area contributed by atoms with Gasteiger partial charge >= 0.3 is 0 Å². The van der Waals surface area contributed by atoms with Crippen LogP contribution in [0.15, 0.2) is 58.3 Å². The molecular formula is C26H30N9O3+. The fraction of sp³-hybridized carbons (Fsp3) is 0.308. The van der Waals surface area contributed by atoms with Crippen LogP contribution in [-0.4, -0.2) is 50.5 Å². The van der Waals surface area contributed by atoms with Crippen molar-refractivity contribution in [3.8, 4) is 11.6 Å². The molecule has 1 fully saturated rings. The molecule has 4 aromatic rings. The Bertz CT molecular complexity index is 1410. The fourth-order valence-electron chi connectivity index (χ4n) is 4.45. The summed E-state index contributed by atoms with van der Waals surface area (Å²) in [6.45, 7) is 5.08. The number of hydrogen-bond donors (Lipinski definition) is 3. The van der Waals surface area contributed by atoms with Crippen molar-refractivity contribution in [3.05, 3.63) is 76.6 Å². The Morgan fingerprint density at radius 3 is 2.74 bits per heavy atom. The quantitative estimate of drug-likeness (QED) is 0.223. The zero-order valence-corrected chi connectivity index (χ0v) is 21.1. The number of piperidine rings is 1. The maximum absolute atomic E-state index is 13.0. The number of likely N-dealkylation sites (tertiary alicyclic amines) is 1. The molecule has 1 saturated heterocycles. The van der Waals surface area contributed by atoms with Crippen molar-refractivity contribution in [2.24, 2.45) is 5.10 Å². The van der Waals surface area contributed by atoms with Crippen LogP contribution in [0.2, 0.25) is 0 Å². The number of nitrogens with one attached hydrogen (secondary N) is 2. The van der Waals surface area contributed by atoms with Crippen molar-refractivity contribution in [3.63, 3.8) is 0 Å². The van der Waals surface area contributed by atoms with Gasteiger partial charge in [-0.2, -0.15) is 9.78 Å². The average Bonchev–Trinajstić information content (AvgIpc) is 3.54. The van der Waals surface area contributed by atoms with Crippen LogP contribution in [0.25, 0.3) is 5.82 Å². The first-order valence-corrected chi connectivity index (χ1v) is 12.5. The summed E-state index contributed by atoms with van der Waals surface area (Å²) in [6.07, 6.45) is 5.03. The van der Waals surface area contributed by atoms with E-state index < -0.39 is 5.91 Å². The van der Waals surface area contributed by atoms with Crippen LogP contribution in [0.4, 0.5) is 5.82 Å². The molecule has 4 N–H and O–H groups in total. The summed E-state index contributed by atoms with van der Waals surface area (Å²) in [5.74, 6) is 0.542. The van der Waals surface area contributed by atoms with Crippen molar-refractivity contribution >= 4 is 17.9 Å². The Kier molecular flexibility index (Phi) is 7.69. The van der Waals surface area contributed by atoms with E-state index in [4.69, 9.17) is 15.1 Å². The second-order valence-electron chi connectivity index (χ2n) is 9.30. The zero-order chi connectivity index (χ0) is 26.3. The minimum absolute atomic E-state index is 0.0704. The molecule has 0 bridgehead atoms. The summed E-state index contributed by atoms with van der Waals surface area (Å²) in [6, 6.07) is 15.7. The van der Waals surface area contributed by atoms with Crippen LogP contribution in [-0.2, 0) is 13.2 Å².